The Morgan fingerprint density at radius 3 is 2.61 bits per heavy atom. The molecule has 0 amide bonds. The van der Waals surface area contributed by atoms with Gasteiger partial charge in [0.1, 0.15) is 23.5 Å². The molecule has 4 heteroatoms. The first-order valence-corrected chi connectivity index (χ1v) is 10.2. The van der Waals surface area contributed by atoms with Crippen molar-refractivity contribution in [1.29, 1.82) is 5.26 Å². The van der Waals surface area contributed by atoms with Gasteiger partial charge in [0.2, 0.25) is 0 Å². The molecule has 1 fully saturated rings. The molecule has 2 aliphatic carbocycles. The molecule has 28 heavy (non-hydrogen) atoms. The molecule has 0 N–H and O–H groups in total. The Morgan fingerprint density at radius 1 is 1.07 bits per heavy atom. The largest absolute Gasteiger partial charge is 0.206 e. The van der Waals surface area contributed by atoms with Crippen LogP contribution in [0.25, 0.3) is 11.1 Å². The van der Waals surface area contributed by atoms with Crippen LogP contribution in [0.2, 0.25) is 0 Å². The van der Waals surface area contributed by atoms with E-state index in [1.54, 1.807) is 6.07 Å². The number of rotatable bonds is 3. The molecule has 2 aromatic carbocycles. The van der Waals surface area contributed by atoms with Crippen molar-refractivity contribution in [2.75, 3.05) is 0 Å². The lowest BCUT2D eigenvalue weighted by molar-refractivity contribution is 0.199. The summed E-state index contributed by atoms with van der Waals surface area (Å²) in [6.45, 7) is 2.21. The SMILES string of the molecule is CCC[C@@H]1CC[C@@H]2c3cc(F)c(-c4ccc(C#N)c(F)c4)c(F)c3CC[C@H]2C1. The topological polar surface area (TPSA) is 23.8 Å². The maximum Gasteiger partial charge on any atom is 0.141 e. The van der Waals surface area contributed by atoms with Gasteiger partial charge in [-0.3, -0.25) is 0 Å². The Hall–Kier alpha value is -2.28. The van der Waals surface area contributed by atoms with Crippen LogP contribution in [0.5, 0.6) is 0 Å². The summed E-state index contributed by atoms with van der Waals surface area (Å²) in [6, 6.07) is 6.96. The van der Waals surface area contributed by atoms with Gasteiger partial charge >= 0.3 is 0 Å². The molecule has 0 heterocycles. The fourth-order valence-electron chi connectivity index (χ4n) is 5.38. The van der Waals surface area contributed by atoms with Gasteiger partial charge in [-0.2, -0.15) is 5.26 Å². The van der Waals surface area contributed by atoms with Gasteiger partial charge in [0.05, 0.1) is 11.1 Å². The Labute approximate surface area is 164 Å². The minimum atomic E-state index is -0.758. The smallest absolute Gasteiger partial charge is 0.141 e. The Bertz CT molecular complexity index is 944. The van der Waals surface area contributed by atoms with Crippen molar-refractivity contribution < 1.29 is 13.2 Å². The van der Waals surface area contributed by atoms with Crippen molar-refractivity contribution in [1.82, 2.24) is 0 Å². The maximum absolute atomic E-state index is 15.3. The zero-order valence-corrected chi connectivity index (χ0v) is 16.1. The predicted octanol–water partition coefficient (Wildman–Crippen LogP) is 6.89. The molecule has 2 aromatic rings. The normalized spacial score (nSPS) is 23.6. The molecule has 0 saturated heterocycles. The van der Waals surface area contributed by atoms with Gasteiger partial charge in [-0.25, -0.2) is 13.2 Å². The van der Waals surface area contributed by atoms with Crippen LogP contribution >= 0.6 is 0 Å². The van der Waals surface area contributed by atoms with Gasteiger partial charge in [-0.1, -0.05) is 25.8 Å². The predicted molar refractivity (Wildman–Crippen MR) is 103 cm³/mol. The van der Waals surface area contributed by atoms with Crippen molar-refractivity contribution in [2.45, 2.75) is 57.8 Å². The van der Waals surface area contributed by atoms with E-state index in [4.69, 9.17) is 5.26 Å². The lowest BCUT2D eigenvalue weighted by Crippen LogP contribution is -2.29. The minimum Gasteiger partial charge on any atom is -0.206 e. The van der Waals surface area contributed by atoms with E-state index in [1.807, 2.05) is 0 Å². The lowest BCUT2D eigenvalue weighted by atomic mass is 9.64. The summed E-state index contributed by atoms with van der Waals surface area (Å²) < 4.78 is 44.3. The molecule has 146 valence electrons. The zero-order chi connectivity index (χ0) is 19.8. The second-order valence-electron chi connectivity index (χ2n) is 8.29. The molecule has 1 saturated carbocycles. The van der Waals surface area contributed by atoms with Gasteiger partial charge in [0.25, 0.3) is 0 Å². The summed E-state index contributed by atoms with van der Waals surface area (Å²) in [5, 5.41) is 8.87. The molecule has 3 atom stereocenters. The molecule has 2 aliphatic rings. The lowest BCUT2D eigenvalue weighted by Gasteiger charge is -2.41. The standard InChI is InChI=1S/C24H24F3N/c1-2-3-14-4-8-18-15(10-14)7-9-19-20(18)12-22(26)23(24(19)27)16-5-6-17(13-28)21(25)11-16/h5-6,11-12,14-15,18H,2-4,7-10H2,1H3/t14-,15+,18+/m1/s1. The first kappa shape index (κ1) is 19.1. The molecule has 0 aliphatic heterocycles. The monoisotopic (exact) mass is 383 g/mol. The van der Waals surface area contributed by atoms with E-state index in [0.717, 1.165) is 43.2 Å². The molecule has 0 spiro atoms. The van der Waals surface area contributed by atoms with Crippen LogP contribution in [-0.2, 0) is 6.42 Å². The fourth-order valence-corrected chi connectivity index (χ4v) is 5.38. The minimum absolute atomic E-state index is 0.130. The second kappa shape index (κ2) is 7.62. The van der Waals surface area contributed by atoms with E-state index in [-0.39, 0.29) is 22.6 Å². The van der Waals surface area contributed by atoms with Gasteiger partial charge < -0.3 is 0 Å². The summed E-state index contributed by atoms with van der Waals surface area (Å²) >= 11 is 0. The highest BCUT2D eigenvalue weighted by Crippen LogP contribution is 2.49. The van der Waals surface area contributed by atoms with Gasteiger partial charge in [0.15, 0.2) is 0 Å². The van der Waals surface area contributed by atoms with Crippen molar-refractivity contribution in [2.24, 2.45) is 11.8 Å². The van der Waals surface area contributed by atoms with Crippen LogP contribution in [0.15, 0.2) is 24.3 Å². The molecule has 0 aromatic heterocycles. The van der Waals surface area contributed by atoms with E-state index < -0.39 is 17.5 Å². The Balaban J connectivity index is 1.72. The quantitative estimate of drug-likeness (QED) is 0.566. The number of nitrogens with zero attached hydrogens (tertiary/aromatic N) is 1. The number of fused-ring (bicyclic) bond motifs is 3. The first-order chi connectivity index (χ1) is 13.5. The number of benzene rings is 2. The summed E-state index contributed by atoms with van der Waals surface area (Å²) in [6.07, 6.45) is 7.24. The Morgan fingerprint density at radius 2 is 1.89 bits per heavy atom. The fraction of sp³-hybridized carbons (Fsp3) is 0.458. The van der Waals surface area contributed by atoms with Crippen molar-refractivity contribution in [3.05, 3.63) is 58.4 Å². The molecular weight excluding hydrogens is 359 g/mol. The number of halogens is 3. The number of nitriles is 1. The van der Waals surface area contributed by atoms with Crippen molar-refractivity contribution in [3.63, 3.8) is 0 Å². The van der Waals surface area contributed by atoms with Crippen LogP contribution in [-0.4, -0.2) is 0 Å². The zero-order valence-electron chi connectivity index (χ0n) is 16.1. The van der Waals surface area contributed by atoms with Gasteiger partial charge in [-0.05, 0) is 84.7 Å². The molecular formula is C24H24F3N. The third-order valence-electron chi connectivity index (χ3n) is 6.68. The van der Waals surface area contributed by atoms with Crippen LogP contribution < -0.4 is 0 Å². The summed E-state index contributed by atoms with van der Waals surface area (Å²) in [4.78, 5) is 0. The molecule has 4 rings (SSSR count). The summed E-state index contributed by atoms with van der Waals surface area (Å²) in [5.41, 5.74) is 1.24. The van der Waals surface area contributed by atoms with E-state index >= 15 is 4.39 Å². The van der Waals surface area contributed by atoms with Gasteiger partial charge in [0, 0.05) is 0 Å². The van der Waals surface area contributed by atoms with E-state index in [9.17, 15) is 8.78 Å². The van der Waals surface area contributed by atoms with E-state index in [2.05, 4.69) is 6.92 Å². The molecule has 0 bridgehead atoms. The molecule has 1 nitrogen and oxygen atoms in total. The van der Waals surface area contributed by atoms with E-state index in [0.29, 0.717) is 17.9 Å². The van der Waals surface area contributed by atoms with Crippen LogP contribution in [0.4, 0.5) is 13.2 Å². The van der Waals surface area contributed by atoms with Crippen molar-refractivity contribution >= 4 is 0 Å². The highest BCUT2D eigenvalue weighted by Gasteiger charge is 2.37. The average Bonchev–Trinajstić information content (AvgIpc) is 2.68. The highest BCUT2D eigenvalue weighted by atomic mass is 19.1. The maximum atomic E-state index is 15.3. The second-order valence-corrected chi connectivity index (χ2v) is 8.29. The van der Waals surface area contributed by atoms with Gasteiger partial charge in [-0.15, -0.1) is 0 Å². The van der Waals surface area contributed by atoms with Crippen molar-refractivity contribution in [3.8, 4) is 17.2 Å². The molecule has 0 radical (unpaired) electrons. The molecule has 0 unspecified atom stereocenters. The Kier molecular flexibility index (Phi) is 5.19. The average molecular weight is 383 g/mol. The summed E-state index contributed by atoms with van der Waals surface area (Å²) in [5.74, 6) is -0.485. The third kappa shape index (κ3) is 3.21. The highest BCUT2D eigenvalue weighted by molar-refractivity contribution is 5.68. The summed E-state index contributed by atoms with van der Waals surface area (Å²) in [7, 11) is 0. The van der Waals surface area contributed by atoms with Crippen LogP contribution in [0.3, 0.4) is 0 Å². The van der Waals surface area contributed by atoms with Crippen LogP contribution in [0.1, 0.15) is 68.1 Å². The first-order valence-electron chi connectivity index (χ1n) is 10.2. The number of hydrogen-bond acceptors (Lipinski definition) is 1. The number of hydrogen-bond donors (Lipinski definition) is 0. The third-order valence-corrected chi connectivity index (χ3v) is 6.68. The van der Waals surface area contributed by atoms with Crippen LogP contribution in [0, 0.1) is 40.6 Å². The van der Waals surface area contributed by atoms with E-state index in [1.165, 1.54) is 31.0 Å².